The van der Waals surface area contributed by atoms with E-state index in [9.17, 15) is 22.6 Å². The first-order valence-electron chi connectivity index (χ1n) is 7.81. The summed E-state index contributed by atoms with van der Waals surface area (Å²) in [5, 5.41) is 0. The number of allylic oxidation sites excluding steroid dienone is 2. The van der Waals surface area contributed by atoms with Gasteiger partial charge < -0.3 is 9.29 Å². The van der Waals surface area contributed by atoms with Crippen molar-refractivity contribution in [2.24, 2.45) is 0 Å². The van der Waals surface area contributed by atoms with Crippen LogP contribution in [0, 0.1) is 6.92 Å². The van der Waals surface area contributed by atoms with Crippen LogP contribution >= 0.6 is 11.9 Å². The van der Waals surface area contributed by atoms with Gasteiger partial charge >= 0.3 is 0 Å². The van der Waals surface area contributed by atoms with Gasteiger partial charge in [0.1, 0.15) is 0 Å². The van der Waals surface area contributed by atoms with Gasteiger partial charge in [-0.25, -0.2) is 8.42 Å². The maximum Gasteiger partial charge on any atom is 0.228 e. The number of hydrogen-bond donors (Lipinski definition) is 0. The summed E-state index contributed by atoms with van der Waals surface area (Å²) in [4.78, 5) is 25.4. The number of Topliss-reactive ketones (excluding diaryl/α,β-unsaturated/α-hetero) is 1. The SMILES string of the molecule is COC1=CC(=O)c2c(S[n+]3ccc(C)cc3)cccc2C1=O.COS(=O)(=O)[O-]. The molecular formula is C18H17NO7S2. The number of rotatable bonds is 4. The summed E-state index contributed by atoms with van der Waals surface area (Å²) < 4.78 is 37.9. The molecule has 8 nitrogen and oxygen atoms in total. The van der Waals surface area contributed by atoms with Gasteiger partial charge in [0.2, 0.25) is 28.1 Å². The van der Waals surface area contributed by atoms with Crippen molar-refractivity contribution in [1.82, 2.24) is 0 Å². The molecule has 2 aromatic rings. The molecule has 0 atom stereocenters. The zero-order valence-corrected chi connectivity index (χ0v) is 16.9. The first-order chi connectivity index (χ1) is 13.2. The second-order valence-electron chi connectivity index (χ2n) is 5.49. The molecule has 0 radical (unpaired) electrons. The second-order valence-corrected chi connectivity index (χ2v) is 7.68. The van der Waals surface area contributed by atoms with Crippen molar-refractivity contribution in [1.29, 1.82) is 0 Å². The van der Waals surface area contributed by atoms with E-state index in [1.54, 1.807) is 12.1 Å². The lowest BCUT2D eigenvalue weighted by Gasteiger charge is -2.15. The molecule has 0 fully saturated rings. The highest BCUT2D eigenvalue weighted by Gasteiger charge is 2.30. The van der Waals surface area contributed by atoms with Crippen LogP contribution in [-0.2, 0) is 19.3 Å². The van der Waals surface area contributed by atoms with Gasteiger partial charge in [0.25, 0.3) is 0 Å². The van der Waals surface area contributed by atoms with Crippen LogP contribution in [0.4, 0.5) is 0 Å². The Morgan fingerprint density at radius 2 is 1.68 bits per heavy atom. The zero-order valence-electron chi connectivity index (χ0n) is 15.2. The summed E-state index contributed by atoms with van der Waals surface area (Å²) in [6.07, 6.45) is 5.10. The molecule has 1 aromatic carbocycles. The summed E-state index contributed by atoms with van der Waals surface area (Å²) in [7, 11) is -2.21. The number of nitrogens with zero attached hydrogens (tertiary/aromatic N) is 1. The summed E-state index contributed by atoms with van der Waals surface area (Å²) in [6, 6.07) is 9.24. The number of carbonyl (C=O) groups excluding carboxylic acids is 2. The average Bonchev–Trinajstić information content (AvgIpc) is 2.66. The average molecular weight is 423 g/mol. The quantitative estimate of drug-likeness (QED) is 0.416. The van der Waals surface area contributed by atoms with Gasteiger partial charge in [-0.2, -0.15) is 0 Å². The maximum atomic E-state index is 12.3. The van der Waals surface area contributed by atoms with Crippen LogP contribution in [0.5, 0.6) is 0 Å². The Balaban J connectivity index is 0.000000409. The van der Waals surface area contributed by atoms with Crippen molar-refractivity contribution < 1.29 is 35.5 Å². The molecule has 0 unspecified atom stereocenters. The van der Waals surface area contributed by atoms with Crippen LogP contribution in [0.1, 0.15) is 26.3 Å². The van der Waals surface area contributed by atoms with Crippen LogP contribution in [-0.4, -0.2) is 38.8 Å². The topological polar surface area (TPSA) is 114 Å². The minimum Gasteiger partial charge on any atom is -0.726 e. The number of ether oxygens (including phenoxy) is 1. The molecule has 0 saturated carbocycles. The first-order valence-corrected chi connectivity index (χ1v) is 9.92. The fourth-order valence-corrected chi connectivity index (χ4v) is 3.17. The Labute approximate surface area is 166 Å². The molecule has 10 heteroatoms. The fraction of sp³-hybridized carbons (Fsp3) is 0.167. The zero-order chi connectivity index (χ0) is 20.9. The number of pyridine rings is 1. The lowest BCUT2D eigenvalue weighted by Crippen LogP contribution is -2.25. The fourth-order valence-electron chi connectivity index (χ4n) is 2.25. The second kappa shape index (κ2) is 9.11. The third-order valence-electron chi connectivity index (χ3n) is 3.60. The van der Waals surface area contributed by atoms with Crippen LogP contribution < -0.4 is 3.97 Å². The molecule has 1 aliphatic rings. The van der Waals surface area contributed by atoms with E-state index >= 15 is 0 Å². The highest BCUT2D eigenvalue weighted by Crippen LogP contribution is 2.29. The highest BCUT2D eigenvalue weighted by atomic mass is 32.3. The van der Waals surface area contributed by atoms with Crippen LogP contribution in [0.25, 0.3) is 0 Å². The minimum absolute atomic E-state index is 0.0858. The molecule has 1 heterocycles. The summed E-state index contributed by atoms with van der Waals surface area (Å²) >= 11 is 1.40. The van der Waals surface area contributed by atoms with Gasteiger partial charge in [-0.05, 0) is 18.6 Å². The Bertz CT molecular complexity index is 1030. The predicted molar refractivity (Wildman–Crippen MR) is 99.5 cm³/mol. The van der Waals surface area contributed by atoms with Gasteiger partial charge in [0, 0.05) is 23.8 Å². The van der Waals surface area contributed by atoms with Crippen molar-refractivity contribution in [3.05, 3.63) is 71.3 Å². The summed E-state index contributed by atoms with van der Waals surface area (Å²) in [6.45, 7) is 2.01. The molecule has 28 heavy (non-hydrogen) atoms. The third-order valence-corrected chi connectivity index (χ3v) is 5.00. The molecule has 0 N–H and O–H groups in total. The number of aryl methyl sites for hydroxylation is 1. The number of ketones is 2. The molecule has 0 aliphatic heterocycles. The van der Waals surface area contributed by atoms with E-state index in [0.29, 0.717) is 11.1 Å². The number of aromatic nitrogens is 1. The van der Waals surface area contributed by atoms with Crippen LogP contribution in [0.15, 0.2) is 59.5 Å². The third kappa shape index (κ3) is 5.49. The van der Waals surface area contributed by atoms with Gasteiger partial charge in [-0.1, -0.05) is 12.1 Å². The Morgan fingerprint density at radius 1 is 1.07 bits per heavy atom. The molecule has 0 amide bonds. The summed E-state index contributed by atoms with van der Waals surface area (Å²) in [5.41, 5.74) is 1.99. The van der Waals surface area contributed by atoms with Crippen LogP contribution in [0.2, 0.25) is 0 Å². The van der Waals surface area contributed by atoms with E-state index in [1.165, 1.54) is 25.1 Å². The molecule has 1 aromatic heterocycles. The lowest BCUT2D eigenvalue weighted by molar-refractivity contribution is -0.494. The van der Waals surface area contributed by atoms with Gasteiger partial charge in [-0.3, -0.25) is 13.8 Å². The molecule has 3 rings (SSSR count). The Hall–Kier alpha value is -2.53. The van der Waals surface area contributed by atoms with Crippen molar-refractivity contribution in [2.45, 2.75) is 11.8 Å². The van der Waals surface area contributed by atoms with Gasteiger partial charge in [0.15, 0.2) is 23.9 Å². The number of benzene rings is 1. The van der Waals surface area contributed by atoms with E-state index in [2.05, 4.69) is 4.18 Å². The lowest BCUT2D eigenvalue weighted by atomic mass is 9.93. The molecule has 0 spiro atoms. The van der Waals surface area contributed by atoms with Crippen molar-refractivity contribution >= 4 is 33.9 Å². The number of hydrogen-bond acceptors (Lipinski definition) is 8. The van der Waals surface area contributed by atoms with E-state index in [-0.39, 0.29) is 17.3 Å². The van der Waals surface area contributed by atoms with Crippen LogP contribution in [0.3, 0.4) is 0 Å². The van der Waals surface area contributed by atoms with Gasteiger partial charge in [0.05, 0.1) is 24.7 Å². The molecular weight excluding hydrogens is 406 g/mol. The predicted octanol–water partition coefficient (Wildman–Crippen LogP) is 1.84. The van der Waals surface area contributed by atoms with E-state index in [0.717, 1.165) is 17.6 Å². The maximum absolute atomic E-state index is 12.3. The van der Waals surface area contributed by atoms with Crippen molar-refractivity contribution in [3.8, 4) is 0 Å². The number of methoxy groups -OCH3 is 1. The minimum atomic E-state index is -4.41. The molecule has 1 aliphatic carbocycles. The number of fused-ring (bicyclic) bond motifs is 1. The van der Waals surface area contributed by atoms with E-state index in [4.69, 9.17) is 4.74 Å². The monoisotopic (exact) mass is 423 g/mol. The Kier molecular flexibility index (Phi) is 7.08. The van der Waals surface area contributed by atoms with E-state index in [1.807, 2.05) is 41.5 Å². The Morgan fingerprint density at radius 3 is 2.21 bits per heavy atom. The molecule has 0 bridgehead atoms. The highest BCUT2D eigenvalue weighted by molar-refractivity contribution is 7.93. The smallest absolute Gasteiger partial charge is 0.228 e. The largest absolute Gasteiger partial charge is 0.726 e. The number of carbonyl (C=O) groups is 2. The summed E-state index contributed by atoms with van der Waals surface area (Å²) in [5.74, 6) is -0.377. The standard InChI is InChI=1S/C17H14NO3S.CH4O4S/c1-11-6-8-18(9-7-11)22-15-5-3-4-12-16(15)13(19)10-14(21-2)17(12)20;1-5-6(2,3)4/h3-10H,1-2H3;1H3,(H,2,3,4)/q+1;/p-1. The molecule has 0 saturated heterocycles. The molecule has 148 valence electrons. The normalized spacial score (nSPS) is 13.2. The van der Waals surface area contributed by atoms with Crippen molar-refractivity contribution in [3.63, 3.8) is 0 Å². The first kappa shape index (κ1) is 21.8. The van der Waals surface area contributed by atoms with Gasteiger partial charge in [-0.15, -0.1) is 3.97 Å². The van der Waals surface area contributed by atoms with E-state index < -0.39 is 10.4 Å². The van der Waals surface area contributed by atoms with Crippen molar-refractivity contribution in [2.75, 3.05) is 14.2 Å².